The number of nitrogens with zero attached hydrogens (tertiary/aromatic N) is 1. The van der Waals surface area contributed by atoms with Gasteiger partial charge < -0.3 is 5.11 Å². The largest absolute Gasteiger partial charge is 0.480 e. The molecule has 0 aromatic heterocycles. The molecule has 0 aromatic rings. The van der Waals surface area contributed by atoms with Gasteiger partial charge in [-0.1, -0.05) is 6.92 Å². The molecule has 2 fully saturated rings. The number of carbonyl (C=O) groups is 1. The molecule has 0 radical (unpaired) electrons. The molecular weight excluding hydrogens is 259 g/mol. The van der Waals surface area contributed by atoms with Gasteiger partial charge >= 0.3 is 12.1 Å². The minimum Gasteiger partial charge on any atom is -0.480 e. The molecule has 0 spiro atoms. The summed E-state index contributed by atoms with van der Waals surface area (Å²) in [7, 11) is 0. The van der Waals surface area contributed by atoms with Crippen LogP contribution in [0.25, 0.3) is 0 Å². The fourth-order valence-corrected chi connectivity index (χ4v) is 3.51. The third kappa shape index (κ3) is 3.04. The molecule has 1 aliphatic heterocycles. The van der Waals surface area contributed by atoms with Gasteiger partial charge in [-0.05, 0) is 44.6 Å². The lowest BCUT2D eigenvalue weighted by molar-refractivity contribution is -0.185. The number of carboxylic acids is 1. The Morgan fingerprint density at radius 1 is 1.16 bits per heavy atom. The molecule has 2 unspecified atom stereocenters. The van der Waals surface area contributed by atoms with Gasteiger partial charge in [0.2, 0.25) is 0 Å². The van der Waals surface area contributed by atoms with Crippen molar-refractivity contribution >= 4 is 5.97 Å². The van der Waals surface area contributed by atoms with E-state index in [4.69, 9.17) is 0 Å². The highest BCUT2D eigenvalue weighted by atomic mass is 19.4. The van der Waals surface area contributed by atoms with Crippen molar-refractivity contribution in [2.75, 3.05) is 6.54 Å². The summed E-state index contributed by atoms with van der Waals surface area (Å²) in [5.41, 5.74) is 0. The van der Waals surface area contributed by atoms with E-state index in [2.05, 4.69) is 0 Å². The van der Waals surface area contributed by atoms with Crippen LogP contribution >= 0.6 is 0 Å². The van der Waals surface area contributed by atoms with E-state index in [1.807, 2.05) is 11.8 Å². The Morgan fingerprint density at radius 2 is 1.74 bits per heavy atom. The Bertz CT molecular complexity index is 337. The number of hydrogen-bond donors (Lipinski definition) is 1. The molecule has 110 valence electrons. The average Bonchev–Trinajstić information content (AvgIpc) is 2.70. The van der Waals surface area contributed by atoms with Crippen LogP contribution in [0.5, 0.6) is 0 Å². The lowest BCUT2D eigenvalue weighted by Crippen LogP contribution is -2.47. The van der Waals surface area contributed by atoms with Gasteiger partial charge in [-0.3, -0.25) is 9.69 Å². The lowest BCUT2D eigenvalue weighted by Gasteiger charge is -2.37. The standard InChI is InChI=1S/C13H20F3NO2/c1-8-6-7-17(11(8)12(18)19)10-4-2-9(3-5-10)13(14,15)16/h8-11H,2-7H2,1H3,(H,18,19). The van der Waals surface area contributed by atoms with E-state index in [-0.39, 0.29) is 24.8 Å². The second-order valence-electron chi connectivity index (χ2n) is 5.83. The smallest absolute Gasteiger partial charge is 0.391 e. The normalized spacial score (nSPS) is 37.5. The first-order chi connectivity index (χ1) is 8.80. The van der Waals surface area contributed by atoms with Gasteiger partial charge in [0.05, 0.1) is 5.92 Å². The van der Waals surface area contributed by atoms with Gasteiger partial charge in [0.25, 0.3) is 0 Å². The maximum Gasteiger partial charge on any atom is 0.391 e. The van der Waals surface area contributed by atoms with Crippen LogP contribution in [0.4, 0.5) is 13.2 Å². The van der Waals surface area contributed by atoms with Crippen LogP contribution in [-0.4, -0.2) is 40.8 Å². The monoisotopic (exact) mass is 279 g/mol. The number of carboxylic acid groups (broad SMARTS) is 1. The van der Waals surface area contributed by atoms with E-state index in [1.165, 1.54) is 0 Å². The summed E-state index contributed by atoms with van der Waals surface area (Å²) >= 11 is 0. The van der Waals surface area contributed by atoms with Crippen LogP contribution in [0.1, 0.15) is 39.0 Å². The Balaban J connectivity index is 1.96. The van der Waals surface area contributed by atoms with Crippen molar-refractivity contribution in [3.05, 3.63) is 0 Å². The minimum atomic E-state index is -4.10. The van der Waals surface area contributed by atoms with E-state index < -0.39 is 24.1 Å². The molecule has 2 atom stereocenters. The van der Waals surface area contributed by atoms with Crippen LogP contribution in [0.15, 0.2) is 0 Å². The molecule has 6 heteroatoms. The molecule has 3 nitrogen and oxygen atoms in total. The summed E-state index contributed by atoms with van der Waals surface area (Å²) in [5, 5.41) is 9.24. The predicted molar refractivity (Wildman–Crippen MR) is 63.7 cm³/mol. The van der Waals surface area contributed by atoms with Crippen molar-refractivity contribution < 1.29 is 23.1 Å². The van der Waals surface area contributed by atoms with Crippen molar-refractivity contribution in [1.82, 2.24) is 4.90 Å². The quantitative estimate of drug-likeness (QED) is 0.845. The zero-order valence-electron chi connectivity index (χ0n) is 11.0. The average molecular weight is 279 g/mol. The SMILES string of the molecule is CC1CCN(C2CCC(C(F)(F)F)CC2)C1C(=O)O. The topological polar surface area (TPSA) is 40.5 Å². The van der Waals surface area contributed by atoms with Gasteiger partial charge in [-0.25, -0.2) is 0 Å². The first-order valence-corrected chi connectivity index (χ1v) is 6.86. The van der Waals surface area contributed by atoms with Crippen LogP contribution in [-0.2, 0) is 4.79 Å². The molecule has 1 aliphatic carbocycles. The second-order valence-corrected chi connectivity index (χ2v) is 5.83. The van der Waals surface area contributed by atoms with Crippen molar-refractivity contribution in [2.45, 2.75) is 57.3 Å². The molecule has 1 saturated heterocycles. The summed E-state index contributed by atoms with van der Waals surface area (Å²) in [6.07, 6.45) is -2.11. The van der Waals surface area contributed by atoms with Crippen molar-refractivity contribution in [1.29, 1.82) is 0 Å². The van der Waals surface area contributed by atoms with Gasteiger partial charge in [0.15, 0.2) is 0 Å². The molecular formula is C13H20F3NO2. The number of halogens is 3. The van der Waals surface area contributed by atoms with E-state index in [0.717, 1.165) is 6.42 Å². The number of likely N-dealkylation sites (tertiary alicyclic amines) is 1. The molecule has 0 bridgehead atoms. The minimum absolute atomic E-state index is 0.00431. The summed E-state index contributed by atoms with van der Waals surface area (Å²) in [5.74, 6) is -1.96. The molecule has 0 amide bonds. The highest BCUT2D eigenvalue weighted by Gasteiger charge is 2.45. The van der Waals surface area contributed by atoms with Crippen molar-refractivity contribution in [2.24, 2.45) is 11.8 Å². The fraction of sp³-hybridized carbons (Fsp3) is 0.923. The first-order valence-electron chi connectivity index (χ1n) is 6.86. The van der Waals surface area contributed by atoms with Gasteiger partial charge in [-0.15, -0.1) is 0 Å². The fourth-order valence-electron chi connectivity index (χ4n) is 3.51. The Labute approximate surface area is 110 Å². The zero-order chi connectivity index (χ0) is 14.2. The summed E-state index contributed by atoms with van der Waals surface area (Å²) in [6.45, 7) is 2.60. The van der Waals surface area contributed by atoms with Gasteiger partial charge in [-0.2, -0.15) is 13.2 Å². The van der Waals surface area contributed by atoms with Crippen LogP contribution in [0.3, 0.4) is 0 Å². The van der Waals surface area contributed by atoms with E-state index in [1.54, 1.807) is 0 Å². The molecule has 2 aliphatic rings. The zero-order valence-corrected chi connectivity index (χ0v) is 11.0. The molecule has 1 N–H and O–H groups in total. The highest BCUT2D eigenvalue weighted by molar-refractivity contribution is 5.74. The number of rotatable bonds is 2. The third-order valence-corrected chi connectivity index (χ3v) is 4.62. The van der Waals surface area contributed by atoms with Gasteiger partial charge in [0.1, 0.15) is 6.04 Å². The molecule has 2 rings (SSSR count). The Hall–Kier alpha value is -0.780. The molecule has 1 saturated carbocycles. The van der Waals surface area contributed by atoms with Crippen molar-refractivity contribution in [3.63, 3.8) is 0 Å². The number of alkyl halides is 3. The number of hydrogen-bond acceptors (Lipinski definition) is 2. The van der Waals surface area contributed by atoms with Crippen molar-refractivity contribution in [3.8, 4) is 0 Å². The Morgan fingerprint density at radius 3 is 2.21 bits per heavy atom. The molecule has 19 heavy (non-hydrogen) atoms. The van der Waals surface area contributed by atoms with E-state index >= 15 is 0 Å². The first kappa shape index (κ1) is 14.6. The van der Waals surface area contributed by atoms with Crippen LogP contribution in [0.2, 0.25) is 0 Å². The maximum atomic E-state index is 12.6. The van der Waals surface area contributed by atoms with E-state index in [9.17, 15) is 23.1 Å². The van der Waals surface area contributed by atoms with E-state index in [0.29, 0.717) is 19.4 Å². The van der Waals surface area contributed by atoms with Crippen LogP contribution in [0, 0.1) is 11.8 Å². The maximum absolute atomic E-state index is 12.6. The second kappa shape index (κ2) is 5.31. The lowest BCUT2D eigenvalue weighted by atomic mass is 9.84. The summed E-state index contributed by atoms with van der Waals surface area (Å²) < 4.78 is 37.8. The molecule has 0 aromatic carbocycles. The summed E-state index contributed by atoms with van der Waals surface area (Å²) in [4.78, 5) is 13.2. The third-order valence-electron chi connectivity index (χ3n) is 4.62. The predicted octanol–water partition coefficient (Wildman–Crippen LogP) is 2.90. The van der Waals surface area contributed by atoms with Crippen LogP contribution < -0.4 is 0 Å². The summed E-state index contributed by atoms with van der Waals surface area (Å²) in [6, 6.07) is -0.517. The molecule has 1 heterocycles. The van der Waals surface area contributed by atoms with Gasteiger partial charge in [0, 0.05) is 6.04 Å². The Kier molecular flexibility index (Phi) is 4.08. The highest BCUT2D eigenvalue weighted by Crippen LogP contribution is 2.40. The number of aliphatic carboxylic acids is 1.